The number of rotatable bonds is 3. The smallest absolute Gasteiger partial charge is 0.120 e. The van der Waals surface area contributed by atoms with Crippen LogP contribution in [0.2, 0.25) is 0 Å². The normalized spacial score (nSPS) is 20.4. The molecule has 1 N–H and O–H groups in total. The van der Waals surface area contributed by atoms with E-state index in [0.717, 1.165) is 5.76 Å². The summed E-state index contributed by atoms with van der Waals surface area (Å²) in [4.78, 5) is 0. The molecular weight excluding hydrogens is 226 g/mol. The molecule has 0 amide bonds. The van der Waals surface area contributed by atoms with Crippen molar-refractivity contribution in [1.29, 1.82) is 0 Å². The van der Waals surface area contributed by atoms with Gasteiger partial charge in [0.15, 0.2) is 0 Å². The fraction of sp³-hybridized carbons (Fsp3) is 0.333. The third kappa shape index (κ3) is 2.19. The van der Waals surface area contributed by atoms with Crippen molar-refractivity contribution in [3.63, 3.8) is 0 Å². The predicted molar refractivity (Wildman–Crippen MR) is 69.1 cm³/mol. The molecule has 2 aromatic rings. The van der Waals surface area contributed by atoms with Crippen molar-refractivity contribution >= 4 is 0 Å². The minimum absolute atomic E-state index is 0.180. The van der Waals surface area contributed by atoms with E-state index in [1.165, 1.54) is 11.1 Å². The molecule has 0 radical (unpaired) electrons. The van der Waals surface area contributed by atoms with Crippen LogP contribution < -0.4 is 5.32 Å². The van der Waals surface area contributed by atoms with E-state index in [1.54, 1.807) is 6.26 Å². The highest BCUT2D eigenvalue weighted by Gasteiger charge is 2.22. The maximum atomic E-state index is 5.63. The van der Waals surface area contributed by atoms with Gasteiger partial charge in [0.05, 0.1) is 31.6 Å². The third-order valence-corrected chi connectivity index (χ3v) is 3.39. The lowest BCUT2D eigenvalue weighted by Crippen LogP contribution is -2.31. The third-order valence-electron chi connectivity index (χ3n) is 3.39. The first-order chi connectivity index (χ1) is 8.84. The monoisotopic (exact) mass is 243 g/mol. The molecule has 94 valence electrons. The molecule has 1 aliphatic rings. The quantitative estimate of drug-likeness (QED) is 0.899. The van der Waals surface area contributed by atoms with Gasteiger partial charge in [0, 0.05) is 0 Å². The van der Waals surface area contributed by atoms with E-state index in [-0.39, 0.29) is 12.1 Å². The fourth-order valence-electron chi connectivity index (χ4n) is 2.44. The molecule has 1 aromatic carbocycles. The first-order valence-corrected chi connectivity index (χ1v) is 6.29. The van der Waals surface area contributed by atoms with Gasteiger partial charge in [-0.05, 0) is 30.2 Å². The Labute approximate surface area is 107 Å². The van der Waals surface area contributed by atoms with E-state index in [4.69, 9.17) is 9.15 Å². The summed E-state index contributed by atoms with van der Waals surface area (Å²) in [5, 5.41) is 3.56. The zero-order chi connectivity index (χ0) is 12.4. The van der Waals surface area contributed by atoms with Gasteiger partial charge < -0.3 is 9.15 Å². The first-order valence-electron chi connectivity index (χ1n) is 6.29. The largest absolute Gasteiger partial charge is 0.468 e. The van der Waals surface area contributed by atoms with Crippen LogP contribution in [-0.4, -0.2) is 6.61 Å². The average Bonchev–Trinajstić information content (AvgIpc) is 2.93. The van der Waals surface area contributed by atoms with Crippen LogP contribution in [-0.2, 0) is 11.3 Å². The highest BCUT2D eigenvalue weighted by Crippen LogP contribution is 2.27. The number of furan rings is 1. The van der Waals surface area contributed by atoms with Crippen LogP contribution in [0.4, 0.5) is 0 Å². The van der Waals surface area contributed by atoms with Crippen LogP contribution in [0.25, 0.3) is 0 Å². The summed E-state index contributed by atoms with van der Waals surface area (Å²) in [6.45, 7) is 3.53. The number of nitrogens with one attached hydrogen (secondary N) is 1. The van der Waals surface area contributed by atoms with Crippen LogP contribution in [0.5, 0.6) is 0 Å². The minimum Gasteiger partial charge on any atom is -0.468 e. The Balaban J connectivity index is 1.78. The second kappa shape index (κ2) is 4.96. The van der Waals surface area contributed by atoms with Gasteiger partial charge in [-0.15, -0.1) is 0 Å². The lowest BCUT2D eigenvalue weighted by molar-refractivity contribution is 0.0782. The summed E-state index contributed by atoms with van der Waals surface area (Å²) in [5.74, 6) is 0.957. The molecule has 0 spiro atoms. The van der Waals surface area contributed by atoms with E-state index in [2.05, 4.69) is 36.5 Å². The Morgan fingerprint density at radius 1 is 1.22 bits per heavy atom. The van der Waals surface area contributed by atoms with E-state index >= 15 is 0 Å². The van der Waals surface area contributed by atoms with Crippen LogP contribution in [0.3, 0.4) is 0 Å². The van der Waals surface area contributed by atoms with Crippen LogP contribution in [0.15, 0.2) is 47.1 Å². The molecule has 18 heavy (non-hydrogen) atoms. The van der Waals surface area contributed by atoms with Crippen molar-refractivity contribution in [2.75, 3.05) is 6.61 Å². The number of ether oxygens (including phenoxy) is 1. The summed E-state index contributed by atoms with van der Waals surface area (Å²) < 4.78 is 11.1. The molecular formula is C15H17NO2. The Morgan fingerprint density at radius 2 is 2.11 bits per heavy atom. The Hall–Kier alpha value is -1.58. The molecule has 3 heteroatoms. The molecule has 1 aromatic heterocycles. The van der Waals surface area contributed by atoms with E-state index in [9.17, 15) is 0 Å². The molecule has 1 aliphatic heterocycles. The van der Waals surface area contributed by atoms with Crippen molar-refractivity contribution < 1.29 is 9.15 Å². The lowest BCUT2D eigenvalue weighted by Gasteiger charge is -2.28. The van der Waals surface area contributed by atoms with E-state index in [0.29, 0.717) is 13.2 Å². The molecule has 0 aliphatic carbocycles. The standard InChI is InChI=1S/C15H17NO2/c1-11(15-7-4-8-18-15)16-14-10-17-9-12-5-2-3-6-13(12)14/h2-8,11,14,16H,9-10H2,1H3/t11-,14?/m0/s1. The molecule has 0 bridgehead atoms. The highest BCUT2D eigenvalue weighted by molar-refractivity contribution is 5.31. The summed E-state index contributed by atoms with van der Waals surface area (Å²) in [6.07, 6.45) is 1.71. The second-order valence-corrected chi connectivity index (χ2v) is 4.67. The Bertz CT molecular complexity index is 507. The van der Waals surface area contributed by atoms with Gasteiger partial charge in [-0.1, -0.05) is 24.3 Å². The summed E-state index contributed by atoms with van der Waals surface area (Å²) in [6, 6.07) is 12.8. The number of hydrogen-bond acceptors (Lipinski definition) is 3. The van der Waals surface area contributed by atoms with Crippen LogP contribution in [0, 0.1) is 0 Å². The van der Waals surface area contributed by atoms with Gasteiger partial charge in [0.2, 0.25) is 0 Å². The van der Waals surface area contributed by atoms with Gasteiger partial charge in [0.1, 0.15) is 5.76 Å². The van der Waals surface area contributed by atoms with Gasteiger partial charge in [-0.2, -0.15) is 0 Å². The molecule has 0 fully saturated rings. The summed E-state index contributed by atoms with van der Waals surface area (Å²) >= 11 is 0. The second-order valence-electron chi connectivity index (χ2n) is 4.67. The van der Waals surface area contributed by atoms with Gasteiger partial charge >= 0.3 is 0 Å². The number of hydrogen-bond donors (Lipinski definition) is 1. The van der Waals surface area contributed by atoms with Gasteiger partial charge in [-0.3, -0.25) is 5.32 Å². The zero-order valence-electron chi connectivity index (χ0n) is 10.4. The summed E-state index contributed by atoms with van der Waals surface area (Å²) in [5.41, 5.74) is 2.61. The van der Waals surface area contributed by atoms with Crippen molar-refractivity contribution in [2.24, 2.45) is 0 Å². The zero-order valence-corrected chi connectivity index (χ0v) is 10.4. The van der Waals surface area contributed by atoms with Crippen molar-refractivity contribution in [3.05, 3.63) is 59.5 Å². The van der Waals surface area contributed by atoms with Crippen LogP contribution >= 0.6 is 0 Å². The minimum atomic E-state index is 0.180. The Kier molecular flexibility index (Phi) is 3.17. The average molecular weight is 243 g/mol. The molecule has 2 heterocycles. The fourth-order valence-corrected chi connectivity index (χ4v) is 2.44. The van der Waals surface area contributed by atoms with E-state index < -0.39 is 0 Å². The molecule has 3 rings (SSSR count). The Morgan fingerprint density at radius 3 is 2.94 bits per heavy atom. The van der Waals surface area contributed by atoms with Crippen molar-refractivity contribution in [2.45, 2.75) is 25.6 Å². The predicted octanol–water partition coefficient (Wildman–Crippen LogP) is 3.20. The van der Waals surface area contributed by atoms with Crippen molar-refractivity contribution in [1.82, 2.24) is 5.32 Å². The molecule has 3 nitrogen and oxygen atoms in total. The SMILES string of the molecule is C[C@H](NC1COCc2ccccc21)c1ccco1. The number of benzene rings is 1. The maximum Gasteiger partial charge on any atom is 0.120 e. The molecule has 0 saturated heterocycles. The van der Waals surface area contributed by atoms with Gasteiger partial charge in [-0.25, -0.2) is 0 Å². The topological polar surface area (TPSA) is 34.4 Å². The van der Waals surface area contributed by atoms with Gasteiger partial charge in [0.25, 0.3) is 0 Å². The molecule has 2 atom stereocenters. The number of fused-ring (bicyclic) bond motifs is 1. The lowest BCUT2D eigenvalue weighted by atomic mass is 9.98. The molecule has 0 saturated carbocycles. The molecule has 1 unspecified atom stereocenters. The van der Waals surface area contributed by atoms with Crippen molar-refractivity contribution in [3.8, 4) is 0 Å². The summed E-state index contributed by atoms with van der Waals surface area (Å²) in [7, 11) is 0. The first kappa shape index (κ1) is 11.5. The van der Waals surface area contributed by atoms with E-state index in [1.807, 2.05) is 12.1 Å². The highest BCUT2D eigenvalue weighted by atomic mass is 16.5. The maximum absolute atomic E-state index is 5.63. The van der Waals surface area contributed by atoms with Crippen LogP contribution in [0.1, 0.15) is 35.9 Å².